The molecule has 1 aromatic heterocycles. The number of benzene rings is 2. The lowest BCUT2D eigenvalue weighted by molar-refractivity contribution is 0.0947. The number of carbonyl (C=O) groups is 1. The van der Waals surface area contributed by atoms with Gasteiger partial charge in [0, 0.05) is 25.2 Å². The average Bonchev–Trinajstić information content (AvgIpc) is 2.79. The molecule has 2 aromatic carbocycles. The van der Waals surface area contributed by atoms with Crippen molar-refractivity contribution in [3.8, 4) is 11.1 Å². The van der Waals surface area contributed by atoms with Gasteiger partial charge in [-0.25, -0.2) is 9.37 Å². The molecule has 1 fully saturated rings. The third kappa shape index (κ3) is 4.41. The SMILES string of the molecule is Nc1ncc(N2CCOCC2)cc1-c1ccc(C(=O)NCc2ccccc2)c(F)c1. The Labute approximate surface area is 174 Å². The lowest BCUT2D eigenvalue weighted by Crippen LogP contribution is -2.36. The number of carbonyl (C=O) groups excluding carboxylic acids is 1. The van der Waals surface area contributed by atoms with Gasteiger partial charge in [-0.05, 0) is 29.3 Å². The fourth-order valence-electron chi connectivity index (χ4n) is 3.43. The third-order valence-corrected chi connectivity index (χ3v) is 5.10. The van der Waals surface area contributed by atoms with E-state index in [-0.39, 0.29) is 5.56 Å². The first kappa shape index (κ1) is 19.8. The van der Waals surface area contributed by atoms with Gasteiger partial charge in [-0.3, -0.25) is 4.79 Å². The number of hydrogen-bond donors (Lipinski definition) is 2. The van der Waals surface area contributed by atoms with Gasteiger partial charge in [-0.1, -0.05) is 36.4 Å². The minimum Gasteiger partial charge on any atom is -0.383 e. The van der Waals surface area contributed by atoms with Gasteiger partial charge in [0.2, 0.25) is 0 Å². The summed E-state index contributed by atoms with van der Waals surface area (Å²) in [4.78, 5) is 18.8. The number of halogens is 1. The molecule has 0 radical (unpaired) electrons. The monoisotopic (exact) mass is 406 g/mol. The van der Waals surface area contributed by atoms with Crippen LogP contribution >= 0.6 is 0 Å². The van der Waals surface area contributed by atoms with Crippen molar-refractivity contribution in [2.24, 2.45) is 0 Å². The topological polar surface area (TPSA) is 80.5 Å². The highest BCUT2D eigenvalue weighted by Crippen LogP contribution is 2.30. The first-order valence-electron chi connectivity index (χ1n) is 9.82. The number of pyridine rings is 1. The number of ether oxygens (including phenoxy) is 1. The highest BCUT2D eigenvalue weighted by molar-refractivity contribution is 5.95. The molecule has 2 heterocycles. The molecule has 6 nitrogen and oxygen atoms in total. The van der Waals surface area contributed by atoms with E-state index in [4.69, 9.17) is 10.5 Å². The summed E-state index contributed by atoms with van der Waals surface area (Å²) in [6.07, 6.45) is 1.71. The number of amides is 1. The maximum absolute atomic E-state index is 14.7. The van der Waals surface area contributed by atoms with E-state index < -0.39 is 11.7 Å². The number of nitrogens with zero attached hydrogens (tertiary/aromatic N) is 2. The highest BCUT2D eigenvalue weighted by atomic mass is 19.1. The summed E-state index contributed by atoms with van der Waals surface area (Å²) in [6, 6.07) is 15.9. The van der Waals surface area contributed by atoms with Crippen molar-refractivity contribution in [2.45, 2.75) is 6.54 Å². The Bertz CT molecular complexity index is 1040. The zero-order chi connectivity index (χ0) is 20.9. The highest BCUT2D eigenvalue weighted by Gasteiger charge is 2.17. The summed E-state index contributed by atoms with van der Waals surface area (Å²) >= 11 is 0. The van der Waals surface area contributed by atoms with Crippen molar-refractivity contribution in [2.75, 3.05) is 36.9 Å². The van der Waals surface area contributed by atoms with E-state index >= 15 is 0 Å². The van der Waals surface area contributed by atoms with Gasteiger partial charge in [0.25, 0.3) is 5.91 Å². The molecule has 0 saturated carbocycles. The number of rotatable bonds is 5. The van der Waals surface area contributed by atoms with Gasteiger partial charge in [-0.15, -0.1) is 0 Å². The van der Waals surface area contributed by atoms with Crippen LogP contribution in [0.3, 0.4) is 0 Å². The standard InChI is InChI=1S/C23H23FN4O2/c24-21-12-17(6-7-19(21)23(29)27-14-16-4-2-1-3-5-16)20-13-18(15-26-22(20)25)28-8-10-30-11-9-28/h1-7,12-13,15H,8-11,14H2,(H2,25,26)(H,27,29). The molecule has 0 atom stereocenters. The van der Waals surface area contributed by atoms with Gasteiger partial charge in [0.1, 0.15) is 11.6 Å². The molecule has 3 N–H and O–H groups in total. The van der Waals surface area contributed by atoms with E-state index in [1.807, 2.05) is 36.4 Å². The van der Waals surface area contributed by atoms with Gasteiger partial charge in [0.15, 0.2) is 0 Å². The molecule has 154 valence electrons. The van der Waals surface area contributed by atoms with Crippen molar-refractivity contribution < 1.29 is 13.9 Å². The Morgan fingerprint density at radius 3 is 2.63 bits per heavy atom. The van der Waals surface area contributed by atoms with Crippen molar-refractivity contribution in [3.05, 3.63) is 77.7 Å². The van der Waals surface area contributed by atoms with E-state index in [0.29, 0.717) is 36.7 Å². The van der Waals surface area contributed by atoms with Crippen LogP contribution < -0.4 is 16.0 Å². The number of nitrogens with one attached hydrogen (secondary N) is 1. The van der Waals surface area contributed by atoms with Crippen LogP contribution in [0, 0.1) is 5.82 Å². The molecule has 0 bridgehead atoms. The van der Waals surface area contributed by atoms with Crippen LogP contribution in [0.5, 0.6) is 0 Å². The van der Waals surface area contributed by atoms with Crippen LogP contribution in [0.4, 0.5) is 15.9 Å². The molecule has 1 aliphatic rings. The van der Waals surface area contributed by atoms with E-state index in [9.17, 15) is 9.18 Å². The van der Waals surface area contributed by atoms with Gasteiger partial charge >= 0.3 is 0 Å². The van der Waals surface area contributed by atoms with Crippen molar-refractivity contribution in [3.63, 3.8) is 0 Å². The van der Waals surface area contributed by atoms with E-state index in [2.05, 4.69) is 15.2 Å². The van der Waals surface area contributed by atoms with Gasteiger partial charge in [0.05, 0.1) is 30.7 Å². The maximum atomic E-state index is 14.7. The molecule has 0 aliphatic carbocycles. The Morgan fingerprint density at radius 2 is 1.90 bits per heavy atom. The second-order valence-corrected chi connectivity index (χ2v) is 7.09. The summed E-state index contributed by atoms with van der Waals surface area (Å²) in [6.45, 7) is 3.17. The van der Waals surface area contributed by atoms with E-state index in [1.165, 1.54) is 12.1 Å². The molecule has 30 heavy (non-hydrogen) atoms. The number of nitrogens with two attached hydrogens (primary N) is 1. The molecule has 0 spiro atoms. The molecule has 1 aliphatic heterocycles. The molecule has 3 aromatic rings. The lowest BCUT2D eigenvalue weighted by Gasteiger charge is -2.29. The number of hydrogen-bond acceptors (Lipinski definition) is 5. The van der Waals surface area contributed by atoms with Crippen LogP contribution in [-0.4, -0.2) is 37.2 Å². The smallest absolute Gasteiger partial charge is 0.254 e. The minimum atomic E-state index is -0.603. The largest absolute Gasteiger partial charge is 0.383 e. The molecular formula is C23H23FN4O2. The second-order valence-electron chi connectivity index (χ2n) is 7.09. The van der Waals surface area contributed by atoms with Crippen molar-refractivity contribution in [1.29, 1.82) is 0 Å². The normalized spacial score (nSPS) is 13.8. The molecule has 0 unspecified atom stereocenters. The Morgan fingerprint density at radius 1 is 1.13 bits per heavy atom. The number of nitrogen functional groups attached to an aromatic ring is 1. The zero-order valence-corrected chi connectivity index (χ0v) is 16.5. The number of morpholine rings is 1. The molecule has 4 rings (SSSR count). The predicted octanol–water partition coefficient (Wildman–Crippen LogP) is 3.24. The van der Waals surface area contributed by atoms with Gasteiger partial charge in [-0.2, -0.15) is 0 Å². The summed E-state index contributed by atoms with van der Waals surface area (Å²) < 4.78 is 20.1. The summed E-state index contributed by atoms with van der Waals surface area (Å²) in [5, 5.41) is 2.74. The Kier molecular flexibility index (Phi) is 5.90. The lowest BCUT2D eigenvalue weighted by atomic mass is 10.0. The van der Waals surface area contributed by atoms with Crippen LogP contribution in [0.15, 0.2) is 60.8 Å². The van der Waals surface area contributed by atoms with Crippen LogP contribution in [0.2, 0.25) is 0 Å². The van der Waals surface area contributed by atoms with Crippen molar-refractivity contribution in [1.82, 2.24) is 10.3 Å². The molecule has 1 amide bonds. The van der Waals surface area contributed by atoms with Crippen LogP contribution in [0.1, 0.15) is 15.9 Å². The van der Waals surface area contributed by atoms with Crippen LogP contribution in [-0.2, 0) is 11.3 Å². The molecule has 1 saturated heterocycles. The first-order valence-corrected chi connectivity index (χ1v) is 9.82. The number of anilines is 2. The Hall–Kier alpha value is -3.45. The van der Waals surface area contributed by atoms with E-state index in [0.717, 1.165) is 24.3 Å². The van der Waals surface area contributed by atoms with Gasteiger partial charge < -0.3 is 20.7 Å². The van der Waals surface area contributed by atoms with Crippen LogP contribution in [0.25, 0.3) is 11.1 Å². The summed E-state index contributed by atoms with van der Waals surface area (Å²) in [5.41, 5.74) is 9.11. The first-order chi connectivity index (χ1) is 14.6. The quantitative estimate of drug-likeness (QED) is 0.680. The fraction of sp³-hybridized carbons (Fsp3) is 0.217. The molecular weight excluding hydrogens is 383 g/mol. The summed E-state index contributed by atoms with van der Waals surface area (Å²) in [5.74, 6) is -0.752. The zero-order valence-electron chi connectivity index (χ0n) is 16.5. The second kappa shape index (κ2) is 8.92. The third-order valence-electron chi connectivity index (χ3n) is 5.10. The van der Waals surface area contributed by atoms with E-state index in [1.54, 1.807) is 12.3 Å². The minimum absolute atomic E-state index is 0.00875. The average molecular weight is 406 g/mol. The van der Waals surface area contributed by atoms with Crippen molar-refractivity contribution >= 4 is 17.4 Å². The predicted molar refractivity (Wildman–Crippen MR) is 115 cm³/mol. The fourth-order valence-corrected chi connectivity index (χ4v) is 3.43. The Balaban J connectivity index is 1.53. The molecule has 7 heteroatoms. The maximum Gasteiger partial charge on any atom is 0.254 e. The summed E-state index contributed by atoms with van der Waals surface area (Å²) in [7, 11) is 0. The number of aromatic nitrogens is 1.